The van der Waals surface area contributed by atoms with E-state index in [1.165, 1.54) is 29.0 Å². The maximum Gasteiger partial charge on any atom is 0.195 e. The van der Waals surface area contributed by atoms with Crippen LogP contribution >= 0.6 is 11.3 Å². The first-order valence-electron chi connectivity index (χ1n) is 12.8. The van der Waals surface area contributed by atoms with Crippen molar-refractivity contribution in [1.82, 2.24) is 9.97 Å². The van der Waals surface area contributed by atoms with Crippen molar-refractivity contribution in [2.24, 2.45) is 0 Å². The summed E-state index contributed by atoms with van der Waals surface area (Å²) in [5.41, 5.74) is 7.52. The average Bonchev–Trinajstić information content (AvgIpc) is 3.67. The number of ketones is 2. The molecule has 1 N–H and O–H groups in total. The molecule has 0 spiro atoms. The number of aromatic amines is 1. The van der Waals surface area contributed by atoms with Gasteiger partial charge in [-0.25, -0.2) is 4.98 Å². The van der Waals surface area contributed by atoms with Gasteiger partial charge >= 0.3 is 0 Å². The van der Waals surface area contributed by atoms with Crippen molar-refractivity contribution in [3.63, 3.8) is 0 Å². The van der Waals surface area contributed by atoms with Crippen LogP contribution in [0.2, 0.25) is 0 Å². The highest BCUT2D eigenvalue weighted by Crippen LogP contribution is 2.34. The third kappa shape index (κ3) is 4.81. The molecule has 0 saturated carbocycles. The topological polar surface area (TPSA) is 62.8 Å². The fraction of sp³-hybridized carbons (Fsp3) is 0.121. The van der Waals surface area contributed by atoms with Crippen molar-refractivity contribution in [3.05, 3.63) is 129 Å². The predicted octanol–water partition coefficient (Wildman–Crippen LogP) is 7.81. The number of H-pyrrole nitrogens is 1. The van der Waals surface area contributed by atoms with Crippen LogP contribution in [0.4, 0.5) is 0 Å². The number of fused-ring (bicyclic) bond motifs is 1. The molecule has 5 heteroatoms. The first-order valence-corrected chi connectivity index (χ1v) is 13.7. The number of aromatic nitrogens is 2. The highest BCUT2D eigenvalue weighted by Gasteiger charge is 2.23. The van der Waals surface area contributed by atoms with Crippen molar-refractivity contribution in [3.8, 4) is 22.6 Å². The van der Waals surface area contributed by atoms with E-state index < -0.39 is 0 Å². The van der Waals surface area contributed by atoms with Gasteiger partial charge in [-0.05, 0) is 67.0 Å². The molecule has 0 unspecified atom stereocenters. The summed E-state index contributed by atoms with van der Waals surface area (Å²) >= 11 is 1.41. The molecular weight excluding hydrogens is 488 g/mol. The van der Waals surface area contributed by atoms with Gasteiger partial charge in [-0.1, -0.05) is 66.7 Å². The third-order valence-electron chi connectivity index (χ3n) is 6.93. The first-order chi connectivity index (χ1) is 18.7. The highest BCUT2D eigenvalue weighted by atomic mass is 32.1. The van der Waals surface area contributed by atoms with Crippen LogP contribution in [-0.2, 0) is 12.8 Å². The molecule has 3 heterocycles. The number of hydrogen-bond acceptors (Lipinski definition) is 4. The summed E-state index contributed by atoms with van der Waals surface area (Å²) in [6.45, 7) is 0. The van der Waals surface area contributed by atoms with Gasteiger partial charge < -0.3 is 4.98 Å². The number of carbonyl (C=O) groups excluding carboxylic acids is 2. The largest absolute Gasteiger partial charge is 0.357 e. The van der Waals surface area contributed by atoms with Crippen LogP contribution in [0.25, 0.3) is 28.7 Å². The lowest BCUT2D eigenvalue weighted by molar-refractivity contribution is 0.103. The Hall–Kier alpha value is -4.35. The molecule has 1 aliphatic carbocycles. The molecule has 0 atom stereocenters. The van der Waals surface area contributed by atoms with Gasteiger partial charge in [-0.2, -0.15) is 0 Å². The van der Waals surface area contributed by atoms with E-state index in [-0.39, 0.29) is 11.6 Å². The smallest absolute Gasteiger partial charge is 0.195 e. The van der Waals surface area contributed by atoms with E-state index in [1.807, 2.05) is 84.2 Å². The van der Waals surface area contributed by atoms with Gasteiger partial charge in [-0.3, -0.25) is 9.59 Å². The number of carbonyl (C=O) groups is 2. The molecule has 186 valence electrons. The molecule has 0 bridgehead atoms. The molecule has 6 rings (SSSR count). The summed E-state index contributed by atoms with van der Waals surface area (Å²) in [7, 11) is 0. The van der Waals surface area contributed by atoms with Gasteiger partial charge in [0.25, 0.3) is 0 Å². The second kappa shape index (κ2) is 10.6. The number of thiophene rings is 1. The Morgan fingerprint density at radius 3 is 2.34 bits per heavy atom. The van der Waals surface area contributed by atoms with Crippen molar-refractivity contribution < 1.29 is 9.59 Å². The lowest BCUT2D eigenvalue weighted by Crippen LogP contribution is -2.07. The summed E-state index contributed by atoms with van der Waals surface area (Å²) in [6, 6.07) is 26.9. The van der Waals surface area contributed by atoms with Gasteiger partial charge in [0.05, 0.1) is 27.5 Å². The highest BCUT2D eigenvalue weighted by molar-refractivity contribution is 7.12. The Balaban J connectivity index is 1.55. The summed E-state index contributed by atoms with van der Waals surface area (Å²) in [4.78, 5) is 36.0. The molecule has 0 aliphatic heterocycles. The minimum Gasteiger partial charge on any atom is -0.357 e. The number of nitrogens with zero attached hydrogens (tertiary/aromatic N) is 1. The summed E-state index contributed by atoms with van der Waals surface area (Å²) in [6.07, 6.45) is 7.72. The molecule has 3 aromatic heterocycles. The zero-order chi connectivity index (χ0) is 25.9. The predicted molar refractivity (Wildman–Crippen MR) is 154 cm³/mol. The molecule has 0 fully saturated rings. The van der Waals surface area contributed by atoms with E-state index >= 15 is 0 Å². The zero-order valence-corrected chi connectivity index (χ0v) is 21.6. The number of nitrogens with one attached hydrogen (secondary N) is 1. The number of pyridine rings is 1. The molecule has 0 saturated heterocycles. The fourth-order valence-electron chi connectivity index (χ4n) is 5.00. The van der Waals surface area contributed by atoms with E-state index in [0.717, 1.165) is 41.8 Å². The Kier molecular flexibility index (Phi) is 6.67. The monoisotopic (exact) mass is 514 g/mol. The molecular formula is C33H26N2O2S. The molecule has 38 heavy (non-hydrogen) atoms. The van der Waals surface area contributed by atoms with Gasteiger partial charge in [0.2, 0.25) is 0 Å². The van der Waals surface area contributed by atoms with Crippen LogP contribution in [0.3, 0.4) is 0 Å². The number of rotatable bonds is 7. The van der Waals surface area contributed by atoms with Crippen molar-refractivity contribution >= 4 is 29.0 Å². The summed E-state index contributed by atoms with van der Waals surface area (Å²) < 4.78 is 0. The van der Waals surface area contributed by atoms with Gasteiger partial charge in [-0.15, -0.1) is 11.3 Å². The van der Waals surface area contributed by atoms with Crippen LogP contribution in [-0.4, -0.2) is 21.5 Å². The van der Waals surface area contributed by atoms with Crippen molar-refractivity contribution in [1.29, 1.82) is 0 Å². The Labute approximate surface area is 225 Å². The lowest BCUT2D eigenvalue weighted by atomic mass is 9.95. The molecule has 4 nitrogen and oxygen atoms in total. The van der Waals surface area contributed by atoms with Crippen molar-refractivity contribution in [2.45, 2.75) is 25.7 Å². The summed E-state index contributed by atoms with van der Waals surface area (Å²) in [5, 5.41) is 1.89. The third-order valence-corrected chi connectivity index (χ3v) is 7.81. The number of hydrogen-bond donors (Lipinski definition) is 1. The molecule has 5 aromatic rings. The average molecular weight is 515 g/mol. The molecule has 0 radical (unpaired) electrons. The van der Waals surface area contributed by atoms with Crippen LogP contribution in [0.5, 0.6) is 0 Å². The number of aryl methyl sites for hydroxylation is 2. The van der Waals surface area contributed by atoms with E-state index in [4.69, 9.17) is 4.98 Å². The maximum atomic E-state index is 13.9. The Bertz CT molecular complexity index is 1610. The lowest BCUT2D eigenvalue weighted by Gasteiger charge is -2.14. The Morgan fingerprint density at radius 2 is 1.61 bits per heavy atom. The van der Waals surface area contributed by atoms with E-state index in [9.17, 15) is 9.59 Å². The second-order valence-corrected chi connectivity index (χ2v) is 10.4. The quantitative estimate of drug-likeness (QED) is 0.178. The number of allylic oxidation sites excluding steroid dienone is 1. The van der Waals surface area contributed by atoms with E-state index in [1.54, 1.807) is 12.2 Å². The Morgan fingerprint density at radius 1 is 0.842 bits per heavy atom. The van der Waals surface area contributed by atoms with Gasteiger partial charge in [0.15, 0.2) is 11.6 Å². The SMILES string of the molecule is O=C(/C=C/c1cc(C(=O)c2ccccc2)c(-c2cc3c([nH]2)CCCC3)nc1-c1ccccc1)c1cccs1. The molecule has 1 aliphatic rings. The van der Waals surface area contributed by atoms with Crippen LogP contribution in [0.1, 0.15) is 55.3 Å². The molecule has 0 amide bonds. The normalized spacial score (nSPS) is 12.9. The standard InChI is InChI=1S/C33H26N2O2S/c36-29(30-16-9-19-38-30)18-17-25-20-26(33(37)23-12-5-2-6-13-23)32(35-31(25)22-10-3-1-4-11-22)28-21-24-14-7-8-15-27(24)34-28/h1-6,9-13,16-21,34H,7-8,14-15H2/b18-17+. The van der Waals surface area contributed by atoms with E-state index in [0.29, 0.717) is 21.7 Å². The minimum atomic E-state index is -0.0977. The van der Waals surface area contributed by atoms with E-state index in [2.05, 4.69) is 11.1 Å². The van der Waals surface area contributed by atoms with Crippen LogP contribution in [0.15, 0.2) is 96.4 Å². The number of benzene rings is 2. The zero-order valence-electron chi connectivity index (χ0n) is 20.8. The first kappa shape index (κ1) is 24.0. The van der Waals surface area contributed by atoms with Crippen LogP contribution in [0, 0.1) is 0 Å². The fourth-order valence-corrected chi connectivity index (χ4v) is 5.65. The maximum absolute atomic E-state index is 13.9. The second-order valence-electron chi connectivity index (χ2n) is 9.45. The summed E-state index contributed by atoms with van der Waals surface area (Å²) in [5.74, 6) is -0.171. The van der Waals surface area contributed by atoms with Crippen LogP contribution < -0.4 is 0 Å². The minimum absolute atomic E-state index is 0.0731. The molecule has 2 aromatic carbocycles. The van der Waals surface area contributed by atoms with Crippen molar-refractivity contribution in [2.75, 3.05) is 0 Å². The van der Waals surface area contributed by atoms with Gasteiger partial charge in [0.1, 0.15) is 0 Å². The van der Waals surface area contributed by atoms with Gasteiger partial charge in [0, 0.05) is 22.4 Å².